The van der Waals surface area contributed by atoms with Crippen LogP contribution >= 0.6 is 0 Å². The number of rotatable bonds is 6. The minimum Gasteiger partial charge on any atom is -0.507 e. The average molecular weight is 422 g/mol. The molecule has 9 heteroatoms. The van der Waals surface area contributed by atoms with Crippen LogP contribution in [0, 0.1) is 0 Å². The highest BCUT2D eigenvalue weighted by Crippen LogP contribution is 2.43. The summed E-state index contributed by atoms with van der Waals surface area (Å²) >= 11 is 0. The van der Waals surface area contributed by atoms with Crippen LogP contribution < -0.4 is 4.74 Å². The van der Waals surface area contributed by atoms with Crippen LogP contribution in [0.1, 0.15) is 18.1 Å². The molecule has 0 unspecified atom stereocenters. The van der Waals surface area contributed by atoms with Crippen molar-refractivity contribution in [2.45, 2.75) is 44.2 Å². The van der Waals surface area contributed by atoms with Crippen molar-refractivity contribution in [2.75, 3.05) is 13.7 Å². The van der Waals surface area contributed by atoms with E-state index in [2.05, 4.69) is 0 Å². The Morgan fingerprint density at radius 1 is 1.20 bits per heavy atom. The Balaban J connectivity index is 1.86. The Kier molecular flexibility index (Phi) is 7.01. The SMILES string of the molecule is C/C=C/C=C/C1=Cc2c(O)cc(O[C@@H]3O[C@H](CO)[C@@H](OC)[C@H](O)[C@H]3O)c(O)c2CO1. The fourth-order valence-electron chi connectivity index (χ4n) is 3.36. The van der Waals surface area contributed by atoms with Crippen LogP contribution in [0.15, 0.2) is 36.1 Å². The second-order valence-corrected chi connectivity index (χ2v) is 6.88. The third-order valence-corrected chi connectivity index (χ3v) is 4.96. The molecule has 0 bridgehead atoms. The number of allylic oxidation sites excluding steroid dienone is 4. The minimum atomic E-state index is -1.52. The third kappa shape index (κ3) is 4.30. The lowest BCUT2D eigenvalue weighted by molar-refractivity contribution is -0.282. The highest BCUT2D eigenvalue weighted by molar-refractivity contribution is 5.70. The Hall–Kier alpha value is -2.56. The number of fused-ring (bicyclic) bond motifs is 1. The molecule has 1 saturated heterocycles. The number of aromatic hydroxyl groups is 2. The summed E-state index contributed by atoms with van der Waals surface area (Å²) in [6, 6.07) is 1.18. The molecular formula is C21H26O9. The minimum absolute atomic E-state index is 0.0142. The van der Waals surface area contributed by atoms with Gasteiger partial charge in [0.25, 0.3) is 0 Å². The molecule has 0 amide bonds. The number of phenolic OH excluding ortho intramolecular Hbond substituents is 2. The summed E-state index contributed by atoms with van der Waals surface area (Å²) in [5.74, 6) is -0.123. The van der Waals surface area contributed by atoms with Gasteiger partial charge in [0.1, 0.15) is 42.5 Å². The zero-order valence-electron chi connectivity index (χ0n) is 16.6. The van der Waals surface area contributed by atoms with E-state index in [1.165, 1.54) is 13.2 Å². The van der Waals surface area contributed by atoms with Gasteiger partial charge in [0.2, 0.25) is 6.29 Å². The number of aliphatic hydroxyl groups is 3. The van der Waals surface area contributed by atoms with Gasteiger partial charge in [-0.3, -0.25) is 0 Å². The van der Waals surface area contributed by atoms with Crippen molar-refractivity contribution in [3.63, 3.8) is 0 Å². The number of hydrogen-bond donors (Lipinski definition) is 5. The maximum atomic E-state index is 10.6. The molecule has 2 aliphatic heterocycles. The van der Waals surface area contributed by atoms with Crippen molar-refractivity contribution >= 4 is 6.08 Å². The summed E-state index contributed by atoms with van der Waals surface area (Å²) in [5, 5.41) is 51.0. The maximum Gasteiger partial charge on any atom is 0.229 e. The van der Waals surface area contributed by atoms with E-state index in [4.69, 9.17) is 18.9 Å². The normalized spacial score (nSPS) is 29.0. The Labute approximate surface area is 173 Å². The van der Waals surface area contributed by atoms with Gasteiger partial charge in [-0.05, 0) is 19.1 Å². The smallest absolute Gasteiger partial charge is 0.229 e. The van der Waals surface area contributed by atoms with Gasteiger partial charge >= 0.3 is 0 Å². The largest absolute Gasteiger partial charge is 0.507 e. The van der Waals surface area contributed by atoms with Crippen LogP contribution in [0.2, 0.25) is 0 Å². The van der Waals surface area contributed by atoms with E-state index in [0.717, 1.165) is 0 Å². The lowest BCUT2D eigenvalue weighted by Gasteiger charge is -2.41. The van der Waals surface area contributed by atoms with Gasteiger partial charge in [0.15, 0.2) is 11.5 Å². The molecule has 2 heterocycles. The van der Waals surface area contributed by atoms with Gasteiger partial charge in [-0.25, -0.2) is 0 Å². The first-order valence-corrected chi connectivity index (χ1v) is 9.44. The van der Waals surface area contributed by atoms with E-state index in [1.54, 1.807) is 18.2 Å². The van der Waals surface area contributed by atoms with Crippen LogP contribution in [0.3, 0.4) is 0 Å². The first kappa shape index (κ1) is 22.1. The van der Waals surface area contributed by atoms with E-state index in [-0.39, 0.29) is 23.9 Å². The predicted octanol–water partition coefficient (Wildman–Crippen LogP) is 0.934. The van der Waals surface area contributed by atoms with Crippen LogP contribution in [0.25, 0.3) is 6.08 Å². The molecule has 164 valence electrons. The number of aliphatic hydroxyl groups excluding tert-OH is 3. The standard InChI is InChI=1S/C21H26O9/c1-3-4-5-6-11-7-12-13(10-28-11)17(24)15(8-14(12)23)29-21-19(26)18(25)20(27-2)16(9-22)30-21/h3-8,16,18-26H,9-10H2,1-2H3/b4-3+,6-5+/t16-,18-,19-,20-,21-/m1/s1. The van der Waals surface area contributed by atoms with Crippen LogP contribution in [0.4, 0.5) is 0 Å². The molecule has 2 aliphatic rings. The van der Waals surface area contributed by atoms with E-state index in [1.807, 2.05) is 19.1 Å². The lowest BCUT2D eigenvalue weighted by atomic mass is 9.99. The van der Waals surface area contributed by atoms with Crippen molar-refractivity contribution in [1.29, 1.82) is 0 Å². The molecule has 5 N–H and O–H groups in total. The summed E-state index contributed by atoms with van der Waals surface area (Å²) in [6.07, 6.45) is 2.53. The average Bonchev–Trinajstić information content (AvgIpc) is 2.75. The van der Waals surface area contributed by atoms with Crippen LogP contribution in [0.5, 0.6) is 17.2 Å². The zero-order valence-corrected chi connectivity index (χ0v) is 16.6. The fraction of sp³-hybridized carbons (Fsp3) is 0.429. The quantitative estimate of drug-likeness (QED) is 0.335. The summed E-state index contributed by atoms with van der Waals surface area (Å²) in [5.41, 5.74) is 0.677. The maximum absolute atomic E-state index is 10.6. The van der Waals surface area contributed by atoms with Crippen molar-refractivity contribution in [3.8, 4) is 17.2 Å². The molecule has 0 radical (unpaired) electrons. The molecule has 9 nitrogen and oxygen atoms in total. The molecule has 1 fully saturated rings. The first-order chi connectivity index (χ1) is 14.4. The van der Waals surface area contributed by atoms with Crippen molar-refractivity contribution in [1.82, 2.24) is 0 Å². The van der Waals surface area contributed by atoms with Gasteiger partial charge in [-0.1, -0.05) is 18.2 Å². The number of ether oxygens (including phenoxy) is 4. The second kappa shape index (κ2) is 9.50. The van der Waals surface area contributed by atoms with E-state index in [0.29, 0.717) is 16.9 Å². The molecular weight excluding hydrogens is 396 g/mol. The van der Waals surface area contributed by atoms with Gasteiger partial charge in [-0.15, -0.1) is 0 Å². The fourth-order valence-corrected chi connectivity index (χ4v) is 3.36. The third-order valence-electron chi connectivity index (χ3n) is 4.96. The van der Waals surface area contributed by atoms with Crippen LogP contribution in [-0.4, -0.2) is 70.0 Å². The summed E-state index contributed by atoms with van der Waals surface area (Å²) in [6.45, 7) is 1.39. The van der Waals surface area contributed by atoms with E-state index < -0.39 is 37.3 Å². The number of methoxy groups -OCH3 is 1. The summed E-state index contributed by atoms with van der Waals surface area (Å²) in [7, 11) is 1.32. The van der Waals surface area contributed by atoms with Gasteiger partial charge in [0.05, 0.1) is 6.61 Å². The molecule has 5 atom stereocenters. The van der Waals surface area contributed by atoms with Gasteiger partial charge < -0.3 is 44.5 Å². The highest BCUT2D eigenvalue weighted by atomic mass is 16.7. The number of hydrogen-bond acceptors (Lipinski definition) is 9. The first-order valence-electron chi connectivity index (χ1n) is 9.44. The molecule has 30 heavy (non-hydrogen) atoms. The lowest BCUT2D eigenvalue weighted by Crippen LogP contribution is -2.60. The van der Waals surface area contributed by atoms with Gasteiger partial charge in [0, 0.05) is 24.3 Å². The zero-order chi connectivity index (χ0) is 21.8. The van der Waals surface area contributed by atoms with Crippen molar-refractivity contribution in [3.05, 3.63) is 47.3 Å². The Morgan fingerprint density at radius 3 is 2.63 bits per heavy atom. The van der Waals surface area contributed by atoms with E-state index >= 15 is 0 Å². The molecule has 1 aromatic rings. The predicted molar refractivity (Wildman–Crippen MR) is 106 cm³/mol. The molecule has 0 spiro atoms. The molecule has 0 aromatic heterocycles. The molecule has 0 aliphatic carbocycles. The number of benzene rings is 1. The van der Waals surface area contributed by atoms with E-state index in [9.17, 15) is 25.5 Å². The van der Waals surface area contributed by atoms with Crippen molar-refractivity contribution < 1.29 is 44.5 Å². The van der Waals surface area contributed by atoms with Crippen LogP contribution in [-0.2, 0) is 20.8 Å². The topological polar surface area (TPSA) is 138 Å². The van der Waals surface area contributed by atoms with Crippen molar-refractivity contribution in [2.24, 2.45) is 0 Å². The van der Waals surface area contributed by atoms with Gasteiger partial charge in [-0.2, -0.15) is 0 Å². The molecule has 0 saturated carbocycles. The number of phenols is 2. The Morgan fingerprint density at radius 2 is 1.97 bits per heavy atom. The molecule has 1 aromatic carbocycles. The molecule has 3 rings (SSSR count). The second-order valence-electron chi connectivity index (χ2n) is 6.88. The monoisotopic (exact) mass is 422 g/mol. The summed E-state index contributed by atoms with van der Waals surface area (Å²) < 4.78 is 21.7. The Bertz CT molecular complexity index is 843. The highest BCUT2D eigenvalue weighted by Gasteiger charge is 2.46. The summed E-state index contributed by atoms with van der Waals surface area (Å²) in [4.78, 5) is 0.